The molecule has 3 aromatic heterocycles. The normalized spacial score (nSPS) is 12.6. The fourth-order valence-electron chi connectivity index (χ4n) is 4.45. The summed E-state index contributed by atoms with van der Waals surface area (Å²) in [6, 6.07) is 9.19. The molecule has 10 heteroatoms. The maximum absolute atomic E-state index is 13.3. The molecule has 2 amide bonds. The van der Waals surface area contributed by atoms with Crippen LogP contribution in [0.5, 0.6) is 0 Å². The van der Waals surface area contributed by atoms with Gasteiger partial charge in [-0.25, -0.2) is 9.67 Å². The Kier molecular flexibility index (Phi) is 5.79. The van der Waals surface area contributed by atoms with E-state index in [1.165, 1.54) is 0 Å². The van der Waals surface area contributed by atoms with Gasteiger partial charge in [0.25, 0.3) is 11.5 Å². The molecule has 0 radical (unpaired) electrons. The van der Waals surface area contributed by atoms with Crippen LogP contribution in [0.2, 0.25) is 0 Å². The number of H-pyrrole nitrogens is 1. The zero-order chi connectivity index (χ0) is 25.6. The number of hydrogen-bond acceptors (Lipinski definition) is 6. The van der Waals surface area contributed by atoms with E-state index in [-0.39, 0.29) is 30.0 Å². The lowest BCUT2D eigenvalue weighted by atomic mass is 10.1. The van der Waals surface area contributed by atoms with Gasteiger partial charge >= 0.3 is 0 Å². The van der Waals surface area contributed by atoms with Crippen molar-refractivity contribution in [1.82, 2.24) is 25.1 Å². The second kappa shape index (κ2) is 8.95. The molecular formula is C26H27N7O3. The number of pyridine rings is 2. The topological polar surface area (TPSA) is 134 Å². The van der Waals surface area contributed by atoms with Crippen molar-refractivity contribution in [3.63, 3.8) is 0 Å². The number of aromatic nitrogens is 4. The first-order valence-corrected chi connectivity index (χ1v) is 11.7. The molecule has 0 unspecified atom stereocenters. The van der Waals surface area contributed by atoms with E-state index < -0.39 is 0 Å². The summed E-state index contributed by atoms with van der Waals surface area (Å²) in [5.74, 6) is 0.0853. The van der Waals surface area contributed by atoms with Crippen LogP contribution in [-0.4, -0.2) is 31.6 Å². The highest BCUT2D eigenvalue weighted by atomic mass is 16.2. The van der Waals surface area contributed by atoms with E-state index in [1.807, 2.05) is 52.0 Å². The number of carbonyl (C=O) groups excluding carboxylic acids is 2. The van der Waals surface area contributed by atoms with Crippen LogP contribution in [0, 0.1) is 13.8 Å². The molecule has 0 atom stereocenters. The number of carbonyl (C=O) groups is 2. The standard InChI is InChI=1S/C26H27N7O3/c1-13(2)33-24-20(12-28-33)18(25(35)27-11-19-14(3)7-15(4)29-26(19)36)10-22(32-24)30-17-6-5-16-8-23(34)31-21(16)9-17/h5-7,9-10,12-13H,8,11H2,1-4H3,(H,27,35)(H,29,36)(H,30,32)(H,31,34). The molecular weight excluding hydrogens is 458 g/mol. The van der Waals surface area contributed by atoms with Crippen molar-refractivity contribution < 1.29 is 9.59 Å². The minimum absolute atomic E-state index is 0.0325. The van der Waals surface area contributed by atoms with Crippen molar-refractivity contribution in [1.29, 1.82) is 0 Å². The van der Waals surface area contributed by atoms with Gasteiger partial charge in [0.1, 0.15) is 5.82 Å². The third-order valence-corrected chi connectivity index (χ3v) is 6.23. The number of rotatable bonds is 6. The Labute approximate surface area is 207 Å². The highest BCUT2D eigenvalue weighted by molar-refractivity contribution is 6.06. The number of benzene rings is 1. The summed E-state index contributed by atoms with van der Waals surface area (Å²) in [5, 5.41) is 14.0. The molecule has 0 aliphatic carbocycles. The predicted molar refractivity (Wildman–Crippen MR) is 138 cm³/mol. The first-order valence-electron chi connectivity index (χ1n) is 11.7. The Morgan fingerprint density at radius 2 is 1.97 bits per heavy atom. The van der Waals surface area contributed by atoms with Crippen LogP contribution in [-0.2, 0) is 17.8 Å². The number of anilines is 3. The Bertz CT molecular complexity index is 1580. The van der Waals surface area contributed by atoms with E-state index in [2.05, 4.69) is 26.0 Å². The Balaban J connectivity index is 1.49. The Morgan fingerprint density at radius 1 is 1.17 bits per heavy atom. The number of aromatic amines is 1. The third kappa shape index (κ3) is 4.33. The molecule has 0 bridgehead atoms. The Hall–Kier alpha value is -4.47. The van der Waals surface area contributed by atoms with Gasteiger partial charge in [-0.15, -0.1) is 0 Å². The summed E-state index contributed by atoms with van der Waals surface area (Å²) < 4.78 is 1.76. The van der Waals surface area contributed by atoms with Gasteiger partial charge in [0.2, 0.25) is 5.91 Å². The number of aryl methyl sites for hydroxylation is 2. The maximum Gasteiger partial charge on any atom is 0.253 e. The van der Waals surface area contributed by atoms with E-state index in [0.717, 1.165) is 28.2 Å². The quantitative estimate of drug-likeness (QED) is 0.330. The number of hydrogen-bond donors (Lipinski definition) is 4. The number of amides is 2. The van der Waals surface area contributed by atoms with Gasteiger partial charge in [-0.3, -0.25) is 14.4 Å². The summed E-state index contributed by atoms with van der Waals surface area (Å²) in [6.45, 7) is 7.74. The SMILES string of the molecule is Cc1cc(C)c(CNC(=O)c2cc(Nc3ccc4c(c3)NC(=O)C4)nc3c2cnn3C(C)C)c(=O)[nH]1. The molecule has 0 saturated carbocycles. The summed E-state index contributed by atoms with van der Waals surface area (Å²) in [4.78, 5) is 44.9. The molecule has 4 N–H and O–H groups in total. The maximum atomic E-state index is 13.3. The van der Waals surface area contributed by atoms with Crippen molar-refractivity contribution in [2.45, 2.75) is 46.7 Å². The van der Waals surface area contributed by atoms with Crippen molar-refractivity contribution in [3.8, 4) is 0 Å². The first kappa shape index (κ1) is 23.3. The van der Waals surface area contributed by atoms with E-state index in [4.69, 9.17) is 4.98 Å². The van der Waals surface area contributed by atoms with Gasteiger partial charge in [0.15, 0.2) is 5.65 Å². The highest BCUT2D eigenvalue weighted by Crippen LogP contribution is 2.29. The molecule has 0 saturated heterocycles. The Morgan fingerprint density at radius 3 is 2.72 bits per heavy atom. The lowest BCUT2D eigenvalue weighted by molar-refractivity contribution is -0.115. The van der Waals surface area contributed by atoms with Crippen LogP contribution in [0.4, 0.5) is 17.2 Å². The molecule has 1 aromatic carbocycles. The van der Waals surface area contributed by atoms with Crippen molar-refractivity contribution in [2.24, 2.45) is 0 Å². The molecule has 4 heterocycles. The highest BCUT2D eigenvalue weighted by Gasteiger charge is 2.20. The van der Waals surface area contributed by atoms with Crippen molar-refractivity contribution in [3.05, 3.63) is 74.8 Å². The number of fused-ring (bicyclic) bond motifs is 2. The molecule has 10 nitrogen and oxygen atoms in total. The average molecular weight is 486 g/mol. The van der Waals surface area contributed by atoms with E-state index >= 15 is 0 Å². The molecule has 184 valence electrons. The molecule has 0 fully saturated rings. The largest absolute Gasteiger partial charge is 0.348 e. The van der Waals surface area contributed by atoms with Crippen LogP contribution >= 0.6 is 0 Å². The van der Waals surface area contributed by atoms with Crippen LogP contribution < -0.4 is 21.5 Å². The fraction of sp³-hybridized carbons (Fsp3) is 0.269. The average Bonchev–Trinajstić information content (AvgIpc) is 3.40. The molecule has 1 aliphatic heterocycles. The molecule has 4 aromatic rings. The van der Waals surface area contributed by atoms with Crippen LogP contribution in [0.15, 0.2) is 41.3 Å². The summed E-state index contributed by atoms with van der Waals surface area (Å²) in [5.41, 5.74) is 5.27. The second-order valence-electron chi connectivity index (χ2n) is 9.32. The van der Waals surface area contributed by atoms with Crippen molar-refractivity contribution >= 4 is 40.0 Å². The summed E-state index contributed by atoms with van der Waals surface area (Å²) >= 11 is 0. The smallest absolute Gasteiger partial charge is 0.253 e. The zero-order valence-electron chi connectivity index (χ0n) is 20.5. The molecule has 0 spiro atoms. The monoisotopic (exact) mass is 485 g/mol. The second-order valence-corrected chi connectivity index (χ2v) is 9.32. The lowest BCUT2D eigenvalue weighted by Gasteiger charge is -2.13. The minimum Gasteiger partial charge on any atom is -0.348 e. The van der Waals surface area contributed by atoms with E-state index in [1.54, 1.807) is 16.9 Å². The fourth-order valence-corrected chi connectivity index (χ4v) is 4.45. The van der Waals surface area contributed by atoms with Crippen molar-refractivity contribution in [2.75, 3.05) is 10.6 Å². The molecule has 36 heavy (non-hydrogen) atoms. The first-order chi connectivity index (χ1) is 17.2. The summed E-state index contributed by atoms with van der Waals surface area (Å²) in [7, 11) is 0. The number of nitrogens with one attached hydrogen (secondary N) is 4. The van der Waals surface area contributed by atoms with Gasteiger partial charge in [0.05, 0.1) is 23.6 Å². The predicted octanol–water partition coefficient (Wildman–Crippen LogP) is 3.49. The molecule has 5 rings (SSSR count). The lowest BCUT2D eigenvalue weighted by Crippen LogP contribution is -2.28. The van der Waals surface area contributed by atoms with E-state index in [9.17, 15) is 14.4 Å². The van der Waals surface area contributed by atoms with Crippen LogP contribution in [0.3, 0.4) is 0 Å². The van der Waals surface area contributed by atoms with Gasteiger partial charge in [0, 0.05) is 35.2 Å². The summed E-state index contributed by atoms with van der Waals surface area (Å²) in [6.07, 6.45) is 2.00. The van der Waals surface area contributed by atoms with Gasteiger partial charge < -0.3 is 20.9 Å². The van der Waals surface area contributed by atoms with Gasteiger partial charge in [-0.2, -0.15) is 5.10 Å². The zero-order valence-corrected chi connectivity index (χ0v) is 20.5. The van der Waals surface area contributed by atoms with Gasteiger partial charge in [-0.05, 0) is 63.1 Å². The molecule has 1 aliphatic rings. The minimum atomic E-state index is -0.339. The third-order valence-electron chi connectivity index (χ3n) is 6.23. The van der Waals surface area contributed by atoms with E-state index in [0.29, 0.717) is 34.4 Å². The number of nitrogens with zero attached hydrogens (tertiary/aromatic N) is 3. The van der Waals surface area contributed by atoms with Crippen LogP contribution in [0.1, 0.15) is 52.6 Å². The van der Waals surface area contributed by atoms with Crippen LogP contribution in [0.25, 0.3) is 11.0 Å². The van der Waals surface area contributed by atoms with Gasteiger partial charge in [-0.1, -0.05) is 6.07 Å².